The van der Waals surface area contributed by atoms with Crippen LogP contribution in [0, 0.1) is 0 Å². The molecule has 0 saturated carbocycles. The molecule has 6 heteroatoms. The van der Waals surface area contributed by atoms with E-state index in [1.807, 2.05) is 0 Å². The van der Waals surface area contributed by atoms with Gasteiger partial charge in [0.15, 0.2) is 6.29 Å². The number of aliphatic hydroxyl groups excluding tert-OH is 3. The first kappa shape index (κ1) is 20.8. The minimum atomic E-state index is -1.17. The number of unbranched alkanes of at least 4 members (excludes halogenated alkanes) is 7. The molecule has 23 heavy (non-hydrogen) atoms. The fraction of sp³-hybridized carbons (Fsp3) is 1.00. The zero-order valence-corrected chi connectivity index (χ0v) is 14.5. The smallest absolute Gasteiger partial charge is 0.186 e. The van der Waals surface area contributed by atoms with Crippen molar-refractivity contribution in [1.29, 1.82) is 0 Å². The van der Waals surface area contributed by atoms with Crippen molar-refractivity contribution in [2.75, 3.05) is 20.3 Å². The van der Waals surface area contributed by atoms with E-state index >= 15 is 0 Å². The third kappa shape index (κ3) is 7.03. The van der Waals surface area contributed by atoms with Crippen molar-refractivity contribution in [3.05, 3.63) is 0 Å². The highest BCUT2D eigenvalue weighted by Gasteiger charge is 2.45. The van der Waals surface area contributed by atoms with Crippen molar-refractivity contribution in [3.63, 3.8) is 0 Å². The quantitative estimate of drug-likeness (QED) is 0.470. The van der Waals surface area contributed by atoms with Gasteiger partial charge in [-0.25, -0.2) is 0 Å². The van der Waals surface area contributed by atoms with Crippen LogP contribution in [0.2, 0.25) is 0 Å². The standard InChI is InChI=1S/C17H34O6/c1-3-4-5-6-7-8-9-10-11-22-16-13(12-18)23-17(21-2)15(20)14(16)19/h13-20H,3-12H2,1-2H3/t13-,14-,15-,16-,17+/m1/s1. The number of hydrogen-bond donors (Lipinski definition) is 3. The Morgan fingerprint density at radius 1 is 0.913 bits per heavy atom. The second-order valence-electron chi connectivity index (χ2n) is 6.25. The van der Waals surface area contributed by atoms with Crippen LogP contribution in [-0.2, 0) is 14.2 Å². The third-order valence-electron chi connectivity index (χ3n) is 4.36. The highest BCUT2D eigenvalue weighted by Crippen LogP contribution is 2.24. The fourth-order valence-electron chi connectivity index (χ4n) is 2.91. The number of aliphatic hydroxyl groups is 3. The molecule has 0 amide bonds. The van der Waals surface area contributed by atoms with E-state index in [2.05, 4.69) is 6.92 Å². The van der Waals surface area contributed by atoms with Crippen LogP contribution in [-0.4, -0.2) is 66.3 Å². The summed E-state index contributed by atoms with van der Waals surface area (Å²) in [5.74, 6) is 0. The number of ether oxygens (including phenoxy) is 3. The second kappa shape index (κ2) is 12.2. The van der Waals surface area contributed by atoms with Crippen LogP contribution < -0.4 is 0 Å². The van der Waals surface area contributed by atoms with E-state index in [9.17, 15) is 15.3 Å². The first-order valence-electron chi connectivity index (χ1n) is 8.92. The molecule has 1 fully saturated rings. The summed E-state index contributed by atoms with van der Waals surface area (Å²) in [5.41, 5.74) is 0. The van der Waals surface area contributed by atoms with Gasteiger partial charge >= 0.3 is 0 Å². The maximum atomic E-state index is 10.1. The molecule has 1 rings (SSSR count). The number of hydrogen-bond acceptors (Lipinski definition) is 6. The first-order valence-corrected chi connectivity index (χ1v) is 8.92. The summed E-state index contributed by atoms with van der Waals surface area (Å²) in [4.78, 5) is 0. The Labute approximate surface area is 139 Å². The Morgan fingerprint density at radius 2 is 1.52 bits per heavy atom. The van der Waals surface area contributed by atoms with Gasteiger partial charge in [-0.05, 0) is 6.42 Å². The van der Waals surface area contributed by atoms with Crippen LogP contribution in [0.1, 0.15) is 58.3 Å². The molecule has 1 heterocycles. The van der Waals surface area contributed by atoms with Crippen LogP contribution in [0.5, 0.6) is 0 Å². The highest BCUT2D eigenvalue weighted by molar-refractivity contribution is 4.90. The lowest BCUT2D eigenvalue weighted by Gasteiger charge is -2.41. The van der Waals surface area contributed by atoms with Gasteiger partial charge in [-0.1, -0.05) is 51.9 Å². The molecule has 0 spiro atoms. The number of methoxy groups -OCH3 is 1. The van der Waals surface area contributed by atoms with E-state index in [1.165, 1.54) is 45.6 Å². The average molecular weight is 334 g/mol. The molecule has 0 bridgehead atoms. The molecule has 1 aliphatic heterocycles. The Bertz CT molecular complexity index is 286. The van der Waals surface area contributed by atoms with Gasteiger partial charge in [0.1, 0.15) is 24.4 Å². The van der Waals surface area contributed by atoms with E-state index in [1.54, 1.807) is 0 Å². The van der Waals surface area contributed by atoms with Crippen molar-refractivity contribution < 1.29 is 29.5 Å². The minimum absolute atomic E-state index is 0.286. The molecule has 1 aliphatic rings. The van der Waals surface area contributed by atoms with Gasteiger partial charge in [-0.3, -0.25) is 0 Å². The summed E-state index contributed by atoms with van der Waals surface area (Å²) in [6.07, 6.45) is 4.96. The normalized spacial score (nSPS) is 31.4. The molecule has 0 aliphatic carbocycles. The van der Waals surface area contributed by atoms with E-state index < -0.39 is 30.7 Å². The van der Waals surface area contributed by atoms with Crippen molar-refractivity contribution in [2.24, 2.45) is 0 Å². The van der Waals surface area contributed by atoms with Crippen LogP contribution >= 0.6 is 0 Å². The van der Waals surface area contributed by atoms with Crippen LogP contribution in [0.25, 0.3) is 0 Å². The van der Waals surface area contributed by atoms with Gasteiger partial charge in [0.2, 0.25) is 0 Å². The Balaban J connectivity index is 2.19. The Hall–Kier alpha value is -0.240. The summed E-state index contributed by atoms with van der Waals surface area (Å²) in [5, 5.41) is 29.4. The monoisotopic (exact) mass is 334 g/mol. The van der Waals surface area contributed by atoms with Gasteiger partial charge in [-0.2, -0.15) is 0 Å². The molecule has 138 valence electrons. The van der Waals surface area contributed by atoms with Crippen LogP contribution in [0.15, 0.2) is 0 Å². The summed E-state index contributed by atoms with van der Waals surface area (Å²) in [6, 6.07) is 0. The zero-order valence-electron chi connectivity index (χ0n) is 14.5. The van der Waals surface area contributed by atoms with Gasteiger partial charge in [0, 0.05) is 13.7 Å². The summed E-state index contributed by atoms with van der Waals surface area (Å²) in [7, 11) is 1.39. The summed E-state index contributed by atoms with van der Waals surface area (Å²) < 4.78 is 16.0. The molecule has 0 aromatic heterocycles. The fourth-order valence-corrected chi connectivity index (χ4v) is 2.91. The molecule has 0 radical (unpaired) electrons. The first-order chi connectivity index (χ1) is 11.2. The minimum Gasteiger partial charge on any atom is -0.394 e. The predicted octanol–water partition coefficient (Wildman–Crippen LogP) is 1.60. The molecule has 0 aromatic rings. The largest absolute Gasteiger partial charge is 0.394 e. The highest BCUT2D eigenvalue weighted by atomic mass is 16.7. The zero-order chi connectivity index (χ0) is 17.1. The summed E-state index contributed by atoms with van der Waals surface area (Å²) in [6.45, 7) is 2.42. The molecule has 0 unspecified atom stereocenters. The molecule has 0 aromatic carbocycles. The molecular formula is C17H34O6. The summed E-state index contributed by atoms with van der Waals surface area (Å²) >= 11 is 0. The van der Waals surface area contributed by atoms with Crippen molar-refractivity contribution in [2.45, 2.75) is 89.0 Å². The number of rotatable bonds is 12. The van der Waals surface area contributed by atoms with Gasteiger partial charge in [0.25, 0.3) is 0 Å². The van der Waals surface area contributed by atoms with Gasteiger partial charge < -0.3 is 29.5 Å². The van der Waals surface area contributed by atoms with Crippen LogP contribution in [0.3, 0.4) is 0 Å². The molecular weight excluding hydrogens is 300 g/mol. The topological polar surface area (TPSA) is 88.4 Å². The van der Waals surface area contributed by atoms with Crippen molar-refractivity contribution in [3.8, 4) is 0 Å². The Morgan fingerprint density at radius 3 is 2.09 bits per heavy atom. The van der Waals surface area contributed by atoms with E-state index in [0.717, 1.165) is 12.8 Å². The van der Waals surface area contributed by atoms with Crippen LogP contribution in [0.4, 0.5) is 0 Å². The van der Waals surface area contributed by atoms with Crippen molar-refractivity contribution >= 4 is 0 Å². The lowest BCUT2D eigenvalue weighted by atomic mass is 9.99. The predicted molar refractivity (Wildman–Crippen MR) is 87.1 cm³/mol. The Kier molecular flexibility index (Phi) is 11.0. The molecule has 3 N–H and O–H groups in total. The van der Waals surface area contributed by atoms with Gasteiger partial charge in [0.05, 0.1) is 6.61 Å². The maximum Gasteiger partial charge on any atom is 0.186 e. The lowest BCUT2D eigenvalue weighted by Crippen LogP contribution is -2.59. The van der Waals surface area contributed by atoms with E-state index in [0.29, 0.717) is 6.61 Å². The average Bonchev–Trinajstić information content (AvgIpc) is 2.57. The molecule has 5 atom stereocenters. The molecule has 1 saturated heterocycles. The van der Waals surface area contributed by atoms with Gasteiger partial charge in [-0.15, -0.1) is 0 Å². The maximum absolute atomic E-state index is 10.1. The third-order valence-corrected chi connectivity index (χ3v) is 4.36. The van der Waals surface area contributed by atoms with E-state index in [4.69, 9.17) is 14.2 Å². The van der Waals surface area contributed by atoms with E-state index in [-0.39, 0.29) is 6.61 Å². The molecule has 6 nitrogen and oxygen atoms in total. The second-order valence-corrected chi connectivity index (χ2v) is 6.25. The lowest BCUT2D eigenvalue weighted by molar-refractivity contribution is -0.301. The van der Waals surface area contributed by atoms with Crippen molar-refractivity contribution in [1.82, 2.24) is 0 Å². The SMILES string of the molecule is CCCCCCCCCCO[C@H]1[C@H](O)[C@@H](O)[C@@H](OC)O[C@@H]1CO.